The lowest BCUT2D eigenvalue weighted by atomic mass is 10.2. The first-order valence-corrected chi connectivity index (χ1v) is 9.40. The van der Waals surface area contributed by atoms with Gasteiger partial charge in [-0.3, -0.25) is 9.69 Å². The van der Waals surface area contributed by atoms with Crippen molar-refractivity contribution in [1.82, 2.24) is 8.87 Å². The molecular weight excluding hydrogens is 340 g/mol. The monoisotopic (exact) mass is 359 g/mol. The summed E-state index contributed by atoms with van der Waals surface area (Å²) in [5.74, 6) is 0. The first kappa shape index (κ1) is 17.6. The number of morpholine rings is 1. The van der Waals surface area contributed by atoms with Crippen LogP contribution in [0, 0.1) is 0 Å². The molecule has 6 nitrogen and oxygen atoms in total. The van der Waals surface area contributed by atoms with Crippen molar-refractivity contribution in [3.05, 3.63) is 59.9 Å². The van der Waals surface area contributed by atoms with Crippen molar-refractivity contribution in [2.75, 3.05) is 26.3 Å². The molecule has 3 rings (SSSR count). The predicted octanol–water partition coefficient (Wildman–Crippen LogP) is 1.68. The van der Waals surface area contributed by atoms with E-state index in [9.17, 15) is 13.2 Å². The van der Waals surface area contributed by atoms with E-state index in [-0.39, 0.29) is 4.90 Å². The third-order valence-electron chi connectivity index (χ3n) is 4.04. The van der Waals surface area contributed by atoms with E-state index in [4.69, 9.17) is 4.74 Å². The molecule has 0 saturated carbocycles. The fourth-order valence-electron chi connectivity index (χ4n) is 2.68. The Hall–Kier alpha value is -2.22. The Bertz CT molecular complexity index is 847. The zero-order valence-electron chi connectivity index (χ0n) is 13.7. The number of hydrogen-bond donors (Lipinski definition) is 0. The SMILES string of the molecule is O=[C]/C=C/c1ccn(S(=O)(=O)c2ccc(CN3CCOCC3)cc2)c1. The number of carbonyl (C=O) groups excluding carboxylic acids is 1. The fraction of sp³-hybridized carbons (Fsp3) is 0.278. The average Bonchev–Trinajstić information content (AvgIpc) is 3.11. The molecule has 131 valence electrons. The maximum Gasteiger partial charge on any atom is 0.267 e. The van der Waals surface area contributed by atoms with Crippen LogP contribution < -0.4 is 0 Å². The Labute approximate surface area is 147 Å². The first-order chi connectivity index (χ1) is 12.1. The summed E-state index contributed by atoms with van der Waals surface area (Å²) in [4.78, 5) is 12.7. The Balaban J connectivity index is 1.74. The lowest BCUT2D eigenvalue weighted by molar-refractivity contribution is 0.0342. The highest BCUT2D eigenvalue weighted by atomic mass is 32.2. The van der Waals surface area contributed by atoms with Gasteiger partial charge < -0.3 is 4.74 Å². The smallest absolute Gasteiger partial charge is 0.267 e. The van der Waals surface area contributed by atoms with Crippen molar-refractivity contribution in [2.24, 2.45) is 0 Å². The second-order valence-corrected chi connectivity index (χ2v) is 7.61. The Morgan fingerprint density at radius 2 is 1.84 bits per heavy atom. The molecule has 7 heteroatoms. The summed E-state index contributed by atoms with van der Waals surface area (Å²) in [5, 5.41) is 0. The molecule has 0 spiro atoms. The molecule has 1 radical (unpaired) electrons. The number of ether oxygens (including phenoxy) is 1. The fourth-order valence-corrected chi connectivity index (χ4v) is 3.88. The molecule has 1 aliphatic rings. The highest BCUT2D eigenvalue weighted by Crippen LogP contribution is 2.17. The summed E-state index contributed by atoms with van der Waals surface area (Å²) in [5.41, 5.74) is 1.69. The van der Waals surface area contributed by atoms with Crippen molar-refractivity contribution in [1.29, 1.82) is 0 Å². The first-order valence-electron chi connectivity index (χ1n) is 7.96. The second kappa shape index (κ2) is 7.77. The molecule has 0 N–H and O–H groups in total. The highest BCUT2D eigenvalue weighted by Gasteiger charge is 2.17. The lowest BCUT2D eigenvalue weighted by Crippen LogP contribution is -2.35. The normalized spacial score (nSPS) is 16.3. The van der Waals surface area contributed by atoms with Gasteiger partial charge in [-0.2, -0.15) is 0 Å². The topological polar surface area (TPSA) is 68.6 Å². The van der Waals surface area contributed by atoms with Crippen molar-refractivity contribution in [2.45, 2.75) is 11.4 Å². The van der Waals surface area contributed by atoms with Crippen molar-refractivity contribution in [3.63, 3.8) is 0 Å². The van der Waals surface area contributed by atoms with Crippen LogP contribution in [-0.2, 0) is 26.1 Å². The zero-order valence-corrected chi connectivity index (χ0v) is 14.5. The van der Waals surface area contributed by atoms with Crippen molar-refractivity contribution >= 4 is 22.4 Å². The molecule has 2 heterocycles. The molecule has 1 saturated heterocycles. The summed E-state index contributed by atoms with van der Waals surface area (Å²) in [6.07, 6.45) is 7.26. The summed E-state index contributed by atoms with van der Waals surface area (Å²) in [6.45, 7) is 4.03. The van der Waals surface area contributed by atoms with Gasteiger partial charge in [-0.25, -0.2) is 12.4 Å². The van der Waals surface area contributed by atoms with Crippen LogP contribution in [-0.4, -0.2) is 49.9 Å². The second-order valence-electron chi connectivity index (χ2n) is 5.76. The molecule has 1 aromatic carbocycles. The molecule has 1 fully saturated rings. The standard InChI is InChI=1S/C18H19N2O4S/c21-11-1-2-16-7-8-20(15-16)25(22,23)18-5-3-17(4-6-18)14-19-9-12-24-13-10-19/h1-8,15H,9-10,12-14H2/b2-1+. The van der Waals surface area contributed by atoms with Crippen LogP contribution in [0.5, 0.6) is 0 Å². The van der Waals surface area contributed by atoms with Gasteiger partial charge in [-0.1, -0.05) is 12.1 Å². The number of benzene rings is 1. The van der Waals surface area contributed by atoms with Crippen LogP contribution in [0.4, 0.5) is 0 Å². The van der Waals surface area contributed by atoms with E-state index < -0.39 is 10.0 Å². The van der Waals surface area contributed by atoms with Crippen LogP contribution in [0.1, 0.15) is 11.1 Å². The molecule has 0 atom stereocenters. The van der Waals surface area contributed by atoms with E-state index >= 15 is 0 Å². The average molecular weight is 359 g/mol. The Morgan fingerprint density at radius 3 is 2.52 bits per heavy atom. The van der Waals surface area contributed by atoms with Gasteiger partial charge in [0.05, 0.1) is 18.1 Å². The summed E-state index contributed by atoms with van der Waals surface area (Å²) in [7, 11) is -3.64. The minimum Gasteiger partial charge on any atom is -0.379 e. The van der Waals surface area contributed by atoms with Crippen LogP contribution in [0.2, 0.25) is 0 Å². The predicted molar refractivity (Wildman–Crippen MR) is 94.3 cm³/mol. The molecule has 0 unspecified atom stereocenters. The molecular formula is C18H19N2O4S. The van der Waals surface area contributed by atoms with Gasteiger partial charge >= 0.3 is 0 Å². The zero-order chi connectivity index (χ0) is 17.7. The van der Waals surface area contributed by atoms with E-state index in [0.717, 1.165) is 42.4 Å². The van der Waals surface area contributed by atoms with E-state index in [1.54, 1.807) is 24.5 Å². The molecule has 25 heavy (non-hydrogen) atoms. The van der Waals surface area contributed by atoms with Gasteiger partial charge in [-0.05, 0) is 41.5 Å². The van der Waals surface area contributed by atoms with Crippen molar-refractivity contribution in [3.8, 4) is 0 Å². The van der Waals surface area contributed by atoms with Gasteiger partial charge in [0.15, 0.2) is 0 Å². The van der Waals surface area contributed by atoms with Gasteiger partial charge in [-0.15, -0.1) is 0 Å². The largest absolute Gasteiger partial charge is 0.379 e. The van der Waals surface area contributed by atoms with Crippen LogP contribution >= 0.6 is 0 Å². The third-order valence-corrected chi connectivity index (χ3v) is 5.69. The quantitative estimate of drug-likeness (QED) is 0.734. The Kier molecular flexibility index (Phi) is 5.47. The van der Waals surface area contributed by atoms with Gasteiger partial charge in [0.25, 0.3) is 10.0 Å². The molecule has 0 bridgehead atoms. The molecule has 0 amide bonds. The maximum absolute atomic E-state index is 12.7. The summed E-state index contributed by atoms with van der Waals surface area (Å²) >= 11 is 0. The van der Waals surface area contributed by atoms with E-state index in [1.807, 2.05) is 12.1 Å². The lowest BCUT2D eigenvalue weighted by Gasteiger charge is -2.26. The van der Waals surface area contributed by atoms with Gasteiger partial charge in [0.1, 0.15) is 0 Å². The van der Waals surface area contributed by atoms with E-state index in [2.05, 4.69) is 4.90 Å². The van der Waals surface area contributed by atoms with Gasteiger partial charge in [0.2, 0.25) is 6.29 Å². The molecule has 0 aliphatic carbocycles. The summed E-state index contributed by atoms with van der Waals surface area (Å²) in [6, 6.07) is 8.56. The molecule has 1 aliphatic heterocycles. The van der Waals surface area contributed by atoms with E-state index in [1.165, 1.54) is 24.5 Å². The number of nitrogens with zero attached hydrogens (tertiary/aromatic N) is 2. The third kappa shape index (κ3) is 4.25. The highest BCUT2D eigenvalue weighted by molar-refractivity contribution is 7.90. The van der Waals surface area contributed by atoms with Crippen molar-refractivity contribution < 1.29 is 17.9 Å². The number of aromatic nitrogens is 1. The number of allylic oxidation sites excluding steroid dienone is 1. The van der Waals surface area contributed by atoms with Crippen LogP contribution in [0.3, 0.4) is 0 Å². The van der Waals surface area contributed by atoms with Crippen LogP contribution in [0.15, 0.2) is 53.7 Å². The number of hydrogen-bond acceptors (Lipinski definition) is 5. The Morgan fingerprint density at radius 1 is 1.12 bits per heavy atom. The minimum absolute atomic E-state index is 0.228. The molecule has 2 aromatic rings. The minimum atomic E-state index is -3.64. The summed E-state index contributed by atoms with van der Waals surface area (Å²) < 4.78 is 31.8. The van der Waals surface area contributed by atoms with E-state index in [0.29, 0.717) is 5.56 Å². The van der Waals surface area contributed by atoms with Crippen LogP contribution in [0.25, 0.3) is 6.08 Å². The van der Waals surface area contributed by atoms with Gasteiger partial charge in [0, 0.05) is 32.0 Å². The molecule has 1 aromatic heterocycles. The number of rotatable bonds is 6. The maximum atomic E-state index is 12.7.